The first-order valence-corrected chi connectivity index (χ1v) is 13.2. The number of aliphatic hydroxyl groups is 1. The van der Waals surface area contributed by atoms with E-state index in [0.29, 0.717) is 50.0 Å². The summed E-state index contributed by atoms with van der Waals surface area (Å²) in [4.78, 5) is 20.6. The molecule has 1 atom stereocenters. The summed E-state index contributed by atoms with van der Waals surface area (Å²) in [7, 11) is 3.06. The second kappa shape index (κ2) is 13.6. The van der Waals surface area contributed by atoms with Gasteiger partial charge in [0.25, 0.3) is 0 Å². The number of hydrogen-bond acceptors (Lipinski definition) is 8. The highest BCUT2D eigenvalue weighted by molar-refractivity contribution is 5.77. The van der Waals surface area contributed by atoms with Crippen LogP contribution in [0.3, 0.4) is 0 Å². The Bertz CT molecular complexity index is 1270. The molecule has 1 amide bonds. The van der Waals surface area contributed by atoms with Crippen LogP contribution in [0.2, 0.25) is 0 Å². The molecule has 3 aromatic rings. The largest absolute Gasteiger partial charge is 0.493 e. The highest BCUT2D eigenvalue weighted by atomic mass is 19.1. The van der Waals surface area contributed by atoms with Crippen LogP contribution in [0, 0.1) is 12.7 Å². The van der Waals surface area contributed by atoms with Crippen molar-refractivity contribution in [1.29, 1.82) is 0 Å². The van der Waals surface area contributed by atoms with E-state index in [4.69, 9.17) is 18.9 Å². The van der Waals surface area contributed by atoms with Crippen LogP contribution in [0.25, 0.3) is 0 Å². The van der Waals surface area contributed by atoms with Crippen LogP contribution in [-0.4, -0.2) is 96.2 Å². The number of amides is 1. The molecule has 1 aromatic heterocycles. The van der Waals surface area contributed by atoms with Gasteiger partial charge < -0.3 is 33.5 Å². The van der Waals surface area contributed by atoms with E-state index < -0.39 is 11.4 Å². The highest BCUT2D eigenvalue weighted by Crippen LogP contribution is 2.29. The maximum atomic E-state index is 13.7. The summed E-state index contributed by atoms with van der Waals surface area (Å²) in [5, 5.41) is 11.6. The third-order valence-corrected chi connectivity index (χ3v) is 6.76. The maximum absolute atomic E-state index is 13.7. The van der Waals surface area contributed by atoms with Crippen molar-refractivity contribution in [2.24, 2.45) is 0 Å². The number of hydrogen-bond donors (Lipinski definition) is 1. The molecule has 216 valence electrons. The van der Waals surface area contributed by atoms with Gasteiger partial charge in [-0.15, -0.1) is 0 Å². The van der Waals surface area contributed by atoms with E-state index in [0.717, 1.165) is 11.4 Å². The molecule has 0 bridgehead atoms. The normalized spacial score (nSPS) is 17.9. The number of carbonyl (C=O) groups excluding carboxylic acids is 1. The summed E-state index contributed by atoms with van der Waals surface area (Å²) in [5.74, 6) is 1.81. The molecule has 0 saturated carbocycles. The van der Waals surface area contributed by atoms with Crippen LogP contribution in [0.15, 0.2) is 54.9 Å². The molecule has 1 fully saturated rings. The Hall–Kier alpha value is -3.67. The average molecular weight is 557 g/mol. The molecule has 0 radical (unpaired) electrons. The summed E-state index contributed by atoms with van der Waals surface area (Å²) in [6, 6.07) is 11.5. The summed E-state index contributed by atoms with van der Waals surface area (Å²) >= 11 is 0. The van der Waals surface area contributed by atoms with Gasteiger partial charge in [0.1, 0.15) is 42.8 Å². The first-order valence-electron chi connectivity index (χ1n) is 13.2. The number of ether oxygens (including phenoxy) is 4. The molecule has 1 saturated heterocycles. The van der Waals surface area contributed by atoms with Crippen LogP contribution in [0.4, 0.5) is 4.39 Å². The molecule has 0 aliphatic carbocycles. The zero-order valence-electron chi connectivity index (χ0n) is 23.2. The summed E-state index contributed by atoms with van der Waals surface area (Å²) in [6.45, 7) is 4.56. The molecule has 1 aliphatic heterocycles. The smallest absolute Gasteiger partial charge is 0.248 e. The van der Waals surface area contributed by atoms with Crippen molar-refractivity contribution in [3.63, 3.8) is 0 Å². The van der Waals surface area contributed by atoms with Crippen molar-refractivity contribution in [3.05, 3.63) is 72.1 Å². The zero-order valence-corrected chi connectivity index (χ0v) is 23.2. The fourth-order valence-electron chi connectivity index (χ4n) is 4.75. The molecule has 11 heteroatoms. The predicted molar refractivity (Wildman–Crippen MR) is 146 cm³/mol. The van der Waals surface area contributed by atoms with E-state index in [1.54, 1.807) is 30.3 Å². The fraction of sp³-hybridized carbons (Fsp3) is 0.448. The molecule has 1 aliphatic rings. The maximum Gasteiger partial charge on any atom is 0.248 e. The summed E-state index contributed by atoms with van der Waals surface area (Å²) in [6.07, 6.45) is 3.66. The van der Waals surface area contributed by atoms with Gasteiger partial charge in [-0.1, -0.05) is 12.1 Å². The Balaban J connectivity index is 1.47. The quantitative estimate of drug-likeness (QED) is 0.364. The van der Waals surface area contributed by atoms with Crippen LogP contribution in [0.5, 0.6) is 17.2 Å². The zero-order chi connectivity index (χ0) is 28.5. The van der Waals surface area contributed by atoms with E-state index in [1.165, 1.54) is 19.2 Å². The lowest BCUT2D eigenvalue weighted by Gasteiger charge is -2.33. The molecular weight excluding hydrogens is 519 g/mol. The van der Waals surface area contributed by atoms with Crippen molar-refractivity contribution in [1.82, 2.24) is 19.4 Å². The van der Waals surface area contributed by atoms with Gasteiger partial charge in [-0.25, -0.2) is 9.37 Å². The van der Waals surface area contributed by atoms with Crippen molar-refractivity contribution < 1.29 is 33.2 Å². The van der Waals surface area contributed by atoms with Gasteiger partial charge in [-0.2, -0.15) is 0 Å². The van der Waals surface area contributed by atoms with E-state index in [9.17, 15) is 14.3 Å². The lowest BCUT2D eigenvalue weighted by Crippen LogP contribution is -2.52. The van der Waals surface area contributed by atoms with E-state index >= 15 is 0 Å². The van der Waals surface area contributed by atoms with Crippen molar-refractivity contribution in [3.8, 4) is 17.2 Å². The number of aryl methyl sites for hydroxylation is 1. The lowest BCUT2D eigenvalue weighted by molar-refractivity contribution is -0.138. The van der Waals surface area contributed by atoms with Crippen LogP contribution in [-0.2, 0) is 22.6 Å². The molecule has 0 unspecified atom stereocenters. The minimum atomic E-state index is -1.40. The Morgan fingerprint density at radius 1 is 1.10 bits per heavy atom. The van der Waals surface area contributed by atoms with Gasteiger partial charge >= 0.3 is 0 Å². The number of benzene rings is 2. The number of carbonyl (C=O) groups is 1. The second-order valence-electron chi connectivity index (χ2n) is 9.93. The van der Waals surface area contributed by atoms with Crippen LogP contribution >= 0.6 is 0 Å². The van der Waals surface area contributed by atoms with E-state index in [2.05, 4.69) is 9.88 Å². The first-order chi connectivity index (χ1) is 19.3. The van der Waals surface area contributed by atoms with E-state index in [1.807, 2.05) is 35.9 Å². The minimum Gasteiger partial charge on any atom is -0.493 e. The van der Waals surface area contributed by atoms with Gasteiger partial charge in [0.2, 0.25) is 5.91 Å². The molecule has 4 rings (SSSR count). The molecule has 2 heterocycles. The van der Waals surface area contributed by atoms with E-state index in [-0.39, 0.29) is 32.2 Å². The van der Waals surface area contributed by atoms with Gasteiger partial charge in [0.15, 0.2) is 11.5 Å². The molecule has 1 N–H and O–H groups in total. The SMILES string of the molecule is COCC(=O)N1CCN(Cc2ccc(OC)c(OCCn3ccnc3C)c2)C[C@](O)(COc2cccc(F)c2)C1. The first kappa shape index (κ1) is 29.3. The molecule has 0 spiro atoms. The third kappa shape index (κ3) is 7.93. The number of nitrogens with zero attached hydrogens (tertiary/aromatic N) is 4. The Morgan fingerprint density at radius 2 is 1.95 bits per heavy atom. The minimum absolute atomic E-state index is 0.0612. The van der Waals surface area contributed by atoms with Gasteiger partial charge in [0.05, 0.1) is 20.2 Å². The molecular formula is C29H37FN4O6. The van der Waals surface area contributed by atoms with Gasteiger partial charge in [-0.05, 0) is 36.8 Å². The third-order valence-electron chi connectivity index (χ3n) is 6.76. The number of β-amino-alcohol motifs (C(OH)–C–C–N with tert-alkyl or cyclic N) is 1. The number of imidazole rings is 1. The average Bonchev–Trinajstić information content (AvgIpc) is 3.26. The fourth-order valence-corrected chi connectivity index (χ4v) is 4.75. The van der Waals surface area contributed by atoms with Crippen LogP contribution < -0.4 is 14.2 Å². The number of methoxy groups -OCH3 is 2. The molecule has 40 heavy (non-hydrogen) atoms. The van der Waals surface area contributed by atoms with Crippen molar-refractivity contribution in [2.75, 3.05) is 60.2 Å². The molecule has 2 aromatic carbocycles. The second-order valence-corrected chi connectivity index (χ2v) is 9.93. The van der Waals surface area contributed by atoms with Gasteiger partial charge in [-0.3, -0.25) is 9.69 Å². The highest BCUT2D eigenvalue weighted by Gasteiger charge is 2.37. The summed E-state index contributed by atoms with van der Waals surface area (Å²) < 4.78 is 38.1. The predicted octanol–water partition coefficient (Wildman–Crippen LogP) is 2.52. The van der Waals surface area contributed by atoms with Gasteiger partial charge in [0, 0.05) is 51.7 Å². The number of rotatable bonds is 12. The molecule has 10 nitrogen and oxygen atoms in total. The monoisotopic (exact) mass is 556 g/mol. The Morgan fingerprint density at radius 3 is 2.67 bits per heavy atom. The van der Waals surface area contributed by atoms with Crippen molar-refractivity contribution in [2.45, 2.75) is 25.6 Å². The Kier molecular flexibility index (Phi) is 9.97. The number of halogens is 1. The Labute approximate surface area is 233 Å². The van der Waals surface area contributed by atoms with Crippen molar-refractivity contribution >= 4 is 5.91 Å². The topological polar surface area (TPSA) is 98.5 Å². The van der Waals surface area contributed by atoms with Crippen LogP contribution in [0.1, 0.15) is 11.4 Å². The lowest BCUT2D eigenvalue weighted by atomic mass is 10.0. The number of aromatic nitrogens is 2. The standard InChI is InChI=1S/C29H37FN4O6/c1-22-31-9-10-33(22)13-14-39-27-15-23(7-8-26(27)38-3)17-32-11-12-34(28(35)18-37-2)20-29(36,19-32)21-40-25-6-4-5-24(30)16-25/h4-10,15-16,36H,11-14,17-21H2,1-3H3/t29-/m1/s1. The summed E-state index contributed by atoms with van der Waals surface area (Å²) in [5.41, 5.74) is -0.444.